The standard InChI is InChI=1S/C28H53N3/c1-2-3-4-5-6-7-8-9-10-11-12-13-14-15-16-17-18-19-20-21-26-31(27-22-24-29)28-23-25-30/h2-23,26-28H2,1H3. The summed E-state index contributed by atoms with van der Waals surface area (Å²) in [7, 11) is 0. The van der Waals surface area contributed by atoms with Crippen molar-refractivity contribution in [1.29, 1.82) is 10.5 Å². The third-order valence-electron chi connectivity index (χ3n) is 6.41. The highest BCUT2D eigenvalue weighted by molar-refractivity contribution is 4.76. The highest BCUT2D eigenvalue weighted by Gasteiger charge is 2.03. The quantitative estimate of drug-likeness (QED) is 0.135. The second-order valence-electron chi connectivity index (χ2n) is 9.38. The largest absolute Gasteiger partial charge is 0.301 e. The topological polar surface area (TPSA) is 50.8 Å². The summed E-state index contributed by atoms with van der Waals surface area (Å²) in [4.78, 5) is 2.28. The molecule has 0 bridgehead atoms. The Balaban J connectivity index is 3.22. The van der Waals surface area contributed by atoms with Crippen LogP contribution in [-0.4, -0.2) is 24.5 Å². The number of unbranched alkanes of at least 4 members (excludes halogenated alkanes) is 19. The van der Waals surface area contributed by atoms with Gasteiger partial charge in [0.2, 0.25) is 0 Å². The van der Waals surface area contributed by atoms with Gasteiger partial charge in [-0.1, -0.05) is 129 Å². The molecule has 0 atom stereocenters. The Morgan fingerprint density at radius 2 is 0.710 bits per heavy atom. The van der Waals surface area contributed by atoms with Crippen molar-refractivity contribution < 1.29 is 0 Å². The predicted octanol–water partition coefficient (Wildman–Crippen LogP) is 8.94. The Kier molecular flexibility index (Phi) is 26.1. The molecule has 0 aromatic heterocycles. The fraction of sp³-hybridized carbons (Fsp3) is 0.929. The smallest absolute Gasteiger partial charge is 0.0635 e. The van der Waals surface area contributed by atoms with Crippen LogP contribution in [0.25, 0.3) is 0 Å². The zero-order chi connectivity index (χ0) is 22.7. The van der Waals surface area contributed by atoms with E-state index in [-0.39, 0.29) is 0 Å². The van der Waals surface area contributed by atoms with Gasteiger partial charge in [0.1, 0.15) is 0 Å². The minimum Gasteiger partial charge on any atom is -0.301 e. The van der Waals surface area contributed by atoms with E-state index in [4.69, 9.17) is 10.5 Å². The van der Waals surface area contributed by atoms with Gasteiger partial charge in [-0.25, -0.2) is 0 Å². The first-order chi connectivity index (χ1) is 15.3. The molecule has 0 saturated heterocycles. The molecule has 0 aromatic carbocycles. The number of hydrogen-bond acceptors (Lipinski definition) is 3. The fourth-order valence-corrected chi connectivity index (χ4v) is 4.34. The number of hydrogen-bond donors (Lipinski definition) is 0. The molecule has 0 fully saturated rings. The van der Waals surface area contributed by atoms with E-state index in [0.29, 0.717) is 12.8 Å². The van der Waals surface area contributed by atoms with E-state index in [1.807, 2.05) is 0 Å². The Morgan fingerprint density at radius 3 is 1.00 bits per heavy atom. The first-order valence-electron chi connectivity index (χ1n) is 13.8. The van der Waals surface area contributed by atoms with Crippen molar-refractivity contribution in [2.24, 2.45) is 0 Å². The molecule has 0 unspecified atom stereocenters. The van der Waals surface area contributed by atoms with Crippen LogP contribution >= 0.6 is 0 Å². The van der Waals surface area contributed by atoms with Gasteiger partial charge in [-0.15, -0.1) is 0 Å². The number of nitriles is 2. The van der Waals surface area contributed by atoms with Gasteiger partial charge < -0.3 is 4.90 Å². The van der Waals surface area contributed by atoms with Gasteiger partial charge in [-0.2, -0.15) is 10.5 Å². The molecule has 3 heteroatoms. The summed E-state index contributed by atoms with van der Waals surface area (Å²) in [6.45, 7) is 4.97. The third kappa shape index (κ3) is 25.1. The zero-order valence-electron chi connectivity index (χ0n) is 21.0. The van der Waals surface area contributed by atoms with Crippen molar-refractivity contribution in [2.75, 3.05) is 19.6 Å². The molecule has 0 radical (unpaired) electrons. The molecule has 0 rings (SSSR count). The molecule has 0 spiro atoms. The molecule has 0 amide bonds. The maximum atomic E-state index is 8.74. The highest BCUT2D eigenvalue weighted by atomic mass is 15.1. The lowest BCUT2D eigenvalue weighted by Crippen LogP contribution is -2.26. The summed E-state index contributed by atoms with van der Waals surface area (Å²) in [5, 5.41) is 17.5. The molecule has 31 heavy (non-hydrogen) atoms. The summed E-state index contributed by atoms with van der Waals surface area (Å²) in [5.41, 5.74) is 0. The first kappa shape index (κ1) is 29.9. The minimum absolute atomic E-state index is 0.574. The highest BCUT2D eigenvalue weighted by Crippen LogP contribution is 2.15. The van der Waals surface area contributed by atoms with Crippen LogP contribution in [0.4, 0.5) is 0 Å². The lowest BCUT2D eigenvalue weighted by atomic mass is 10.0. The molecule has 0 saturated carbocycles. The van der Waals surface area contributed by atoms with Gasteiger partial charge in [0.25, 0.3) is 0 Å². The Labute approximate surface area is 195 Å². The van der Waals surface area contributed by atoms with Gasteiger partial charge in [0, 0.05) is 25.9 Å². The third-order valence-corrected chi connectivity index (χ3v) is 6.41. The lowest BCUT2D eigenvalue weighted by molar-refractivity contribution is 0.278. The maximum absolute atomic E-state index is 8.74. The molecule has 180 valence electrons. The van der Waals surface area contributed by atoms with Crippen molar-refractivity contribution in [3.05, 3.63) is 0 Å². The van der Waals surface area contributed by atoms with Crippen LogP contribution in [0.5, 0.6) is 0 Å². The van der Waals surface area contributed by atoms with E-state index in [1.165, 1.54) is 128 Å². The normalized spacial score (nSPS) is 11.0. The van der Waals surface area contributed by atoms with Crippen LogP contribution in [0.3, 0.4) is 0 Å². The molecule has 0 N–H and O–H groups in total. The van der Waals surface area contributed by atoms with E-state index < -0.39 is 0 Å². The summed E-state index contributed by atoms with van der Waals surface area (Å²) in [6.07, 6.45) is 29.3. The van der Waals surface area contributed by atoms with E-state index in [1.54, 1.807) is 0 Å². The number of nitrogens with zero attached hydrogens (tertiary/aromatic N) is 3. The fourth-order valence-electron chi connectivity index (χ4n) is 4.34. The van der Waals surface area contributed by atoms with Gasteiger partial charge in [-0.05, 0) is 13.0 Å². The summed E-state index contributed by atoms with van der Waals surface area (Å²) >= 11 is 0. The summed E-state index contributed by atoms with van der Waals surface area (Å²) in [5.74, 6) is 0. The molecule has 0 aromatic rings. The van der Waals surface area contributed by atoms with Crippen LogP contribution in [-0.2, 0) is 0 Å². The summed E-state index contributed by atoms with van der Waals surface area (Å²) < 4.78 is 0. The van der Waals surface area contributed by atoms with E-state index >= 15 is 0 Å². The van der Waals surface area contributed by atoms with Crippen molar-refractivity contribution in [2.45, 2.75) is 148 Å². The van der Waals surface area contributed by atoms with Gasteiger partial charge in [0.15, 0.2) is 0 Å². The van der Waals surface area contributed by atoms with Crippen molar-refractivity contribution in [1.82, 2.24) is 4.90 Å². The average Bonchev–Trinajstić information content (AvgIpc) is 2.79. The van der Waals surface area contributed by atoms with Crippen LogP contribution in [0.15, 0.2) is 0 Å². The van der Waals surface area contributed by atoms with Crippen LogP contribution < -0.4 is 0 Å². The van der Waals surface area contributed by atoms with Gasteiger partial charge in [0.05, 0.1) is 12.1 Å². The molecule has 3 nitrogen and oxygen atoms in total. The second-order valence-corrected chi connectivity index (χ2v) is 9.38. The Hall–Kier alpha value is -1.06. The average molecular weight is 432 g/mol. The Morgan fingerprint density at radius 1 is 0.419 bits per heavy atom. The van der Waals surface area contributed by atoms with Crippen molar-refractivity contribution >= 4 is 0 Å². The SMILES string of the molecule is CCCCCCCCCCCCCCCCCCCCCCN(CCC#N)CCC#N. The molecule has 0 aliphatic heterocycles. The van der Waals surface area contributed by atoms with Crippen molar-refractivity contribution in [3.8, 4) is 12.1 Å². The monoisotopic (exact) mass is 431 g/mol. The van der Waals surface area contributed by atoms with Crippen LogP contribution in [0.2, 0.25) is 0 Å². The van der Waals surface area contributed by atoms with Gasteiger partial charge >= 0.3 is 0 Å². The molecule has 0 aliphatic carbocycles. The molecule has 0 heterocycles. The molecule has 0 aliphatic rings. The lowest BCUT2D eigenvalue weighted by Gasteiger charge is -2.19. The van der Waals surface area contributed by atoms with E-state index in [9.17, 15) is 0 Å². The molecular weight excluding hydrogens is 378 g/mol. The molecular formula is C28H53N3. The second kappa shape index (κ2) is 27.0. The number of rotatable bonds is 25. The summed E-state index contributed by atoms with van der Waals surface area (Å²) in [6, 6.07) is 4.43. The minimum atomic E-state index is 0.574. The first-order valence-corrected chi connectivity index (χ1v) is 13.8. The Bertz CT molecular complexity index is 403. The predicted molar refractivity (Wildman–Crippen MR) is 135 cm³/mol. The van der Waals surface area contributed by atoms with Crippen molar-refractivity contribution in [3.63, 3.8) is 0 Å². The van der Waals surface area contributed by atoms with E-state index in [2.05, 4.69) is 24.0 Å². The van der Waals surface area contributed by atoms with Crippen LogP contribution in [0, 0.1) is 22.7 Å². The maximum Gasteiger partial charge on any atom is 0.0635 e. The zero-order valence-corrected chi connectivity index (χ0v) is 21.0. The van der Waals surface area contributed by atoms with Crippen LogP contribution in [0.1, 0.15) is 148 Å². The van der Waals surface area contributed by atoms with Gasteiger partial charge in [-0.3, -0.25) is 0 Å². The van der Waals surface area contributed by atoms with E-state index in [0.717, 1.165) is 19.6 Å².